The van der Waals surface area contributed by atoms with Crippen LogP contribution < -0.4 is 10.1 Å². The number of esters is 1. The van der Waals surface area contributed by atoms with Gasteiger partial charge >= 0.3 is 5.97 Å². The Morgan fingerprint density at radius 2 is 1.63 bits per heavy atom. The standard InChI is InChI=1S/C21H15N3O3/c25-21(27-17-12-10-15(11-13-17)20-24-22-14-26-20)18-8-4-5-9-19(18)23-16-6-2-1-3-7-16/h1-14,23H. The highest BCUT2D eigenvalue weighted by molar-refractivity contribution is 5.97. The highest BCUT2D eigenvalue weighted by Gasteiger charge is 2.14. The van der Waals surface area contributed by atoms with Gasteiger partial charge in [0.1, 0.15) is 5.75 Å². The molecule has 0 aliphatic heterocycles. The molecule has 4 rings (SSSR count). The summed E-state index contributed by atoms with van der Waals surface area (Å²) in [6.07, 6.45) is 1.26. The maximum absolute atomic E-state index is 12.6. The monoisotopic (exact) mass is 357 g/mol. The zero-order valence-electron chi connectivity index (χ0n) is 14.2. The van der Waals surface area contributed by atoms with Crippen LogP contribution in [0.2, 0.25) is 0 Å². The maximum Gasteiger partial charge on any atom is 0.345 e. The maximum atomic E-state index is 12.6. The molecule has 132 valence electrons. The molecule has 1 aromatic heterocycles. The van der Waals surface area contributed by atoms with Crippen molar-refractivity contribution in [1.29, 1.82) is 0 Å². The molecule has 4 aromatic rings. The summed E-state index contributed by atoms with van der Waals surface area (Å²) in [6.45, 7) is 0. The molecule has 0 amide bonds. The molecule has 0 radical (unpaired) electrons. The molecule has 0 bridgehead atoms. The zero-order valence-corrected chi connectivity index (χ0v) is 14.2. The van der Waals surface area contributed by atoms with Crippen molar-refractivity contribution in [3.8, 4) is 17.2 Å². The van der Waals surface area contributed by atoms with Gasteiger partial charge in [-0.25, -0.2) is 4.79 Å². The van der Waals surface area contributed by atoms with Gasteiger partial charge in [0.2, 0.25) is 12.3 Å². The number of anilines is 2. The van der Waals surface area contributed by atoms with Crippen LogP contribution in [0.4, 0.5) is 11.4 Å². The van der Waals surface area contributed by atoms with Crippen LogP contribution >= 0.6 is 0 Å². The SMILES string of the molecule is O=C(Oc1ccc(-c2nnco2)cc1)c1ccccc1Nc1ccccc1. The molecule has 1 N–H and O–H groups in total. The fourth-order valence-corrected chi connectivity index (χ4v) is 2.57. The van der Waals surface area contributed by atoms with Gasteiger partial charge in [-0.05, 0) is 48.5 Å². The second kappa shape index (κ2) is 7.53. The van der Waals surface area contributed by atoms with Crippen LogP contribution in [-0.4, -0.2) is 16.2 Å². The number of hydrogen-bond donors (Lipinski definition) is 1. The molecular weight excluding hydrogens is 342 g/mol. The molecule has 27 heavy (non-hydrogen) atoms. The third-order valence-electron chi connectivity index (χ3n) is 3.87. The summed E-state index contributed by atoms with van der Waals surface area (Å²) in [4.78, 5) is 12.6. The van der Waals surface area contributed by atoms with Crippen LogP contribution in [0, 0.1) is 0 Å². The first kappa shape index (κ1) is 16.5. The molecule has 0 saturated carbocycles. The van der Waals surface area contributed by atoms with Crippen LogP contribution in [0.3, 0.4) is 0 Å². The molecule has 0 spiro atoms. The average molecular weight is 357 g/mol. The fourth-order valence-electron chi connectivity index (χ4n) is 2.57. The van der Waals surface area contributed by atoms with Gasteiger partial charge in [-0.3, -0.25) is 0 Å². The van der Waals surface area contributed by atoms with E-state index in [4.69, 9.17) is 9.15 Å². The molecule has 6 nitrogen and oxygen atoms in total. The Bertz CT molecular complexity index is 1030. The van der Waals surface area contributed by atoms with Gasteiger partial charge in [-0.15, -0.1) is 10.2 Å². The summed E-state index contributed by atoms with van der Waals surface area (Å²) in [5.74, 6) is 0.391. The van der Waals surface area contributed by atoms with Gasteiger partial charge in [0.05, 0.1) is 11.3 Å². The minimum absolute atomic E-state index is 0.408. The van der Waals surface area contributed by atoms with Crippen LogP contribution in [0.5, 0.6) is 5.75 Å². The number of para-hydroxylation sites is 2. The molecule has 0 saturated heterocycles. The Hall–Kier alpha value is -3.93. The van der Waals surface area contributed by atoms with E-state index in [1.165, 1.54) is 6.39 Å². The van der Waals surface area contributed by atoms with E-state index in [1.807, 2.05) is 42.5 Å². The van der Waals surface area contributed by atoms with Crippen molar-refractivity contribution in [2.24, 2.45) is 0 Å². The van der Waals surface area contributed by atoms with Crippen molar-refractivity contribution < 1.29 is 13.9 Å². The molecule has 3 aromatic carbocycles. The van der Waals surface area contributed by atoms with Gasteiger partial charge in [-0.2, -0.15) is 0 Å². The number of ether oxygens (including phenoxy) is 1. The summed E-state index contributed by atoms with van der Waals surface area (Å²) in [7, 11) is 0. The lowest BCUT2D eigenvalue weighted by Crippen LogP contribution is -2.11. The third-order valence-corrected chi connectivity index (χ3v) is 3.87. The van der Waals surface area contributed by atoms with Crippen LogP contribution in [0.25, 0.3) is 11.5 Å². The van der Waals surface area contributed by atoms with E-state index in [0.717, 1.165) is 11.3 Å². The van der Waals surface area contributed by atoms with E-state index in [2.05, 4.69) is 15.5 Å². The quantitative estimate of drug-likeness (QED) is 0.412. The number of hydrogen-bond acceptors (Lipinski definition) is 6. The Kier molecular flexibility index (Phi) is 4.61. The average Bonchev–Trinajstić information content (AvgIpc) is 3.25. The van der Waals surface area contributed by atoms with E-state index in [0.29, 0.717) is 22.9 Å². The first-order valence-corrected chi connectivity index (χ1v) is 8.29. The van der Waals surface area contributed by atoms with Crippen molar-refractivity contribution in [2.45, 2.75) is 0 Å². The van der Waals surface area contributed by atoms with Crippen LogP contribution in [-0.2, 0) is 0 Å². The summed E-state index contributed by atoms with van der Waals surface area (Å²) in [5, 5.41) is 10.7. The number of nitrogens with one attached hydrogen (secondary N) is 1. The van der Waals surface area contributed by atoms with E-state index >= 15 is 0 Å². The second-order valence-corrected chi connectivity index (χ2v) is 5.69. The topological polar surface area (TPSA) is 77.2 Å². The molecule has 0 unspecified atom stereocenters. The molecule has 0 fully saturated rings. The van der Waals surface area contributed by atoms with E-state index in [9.17, 15) is 4.79 Å². The smallest absolute Gasteiger partial charge is 0.345 e. The number of carbonyl (C=O) groups excluding carboxylic acids is 1. The summed E-state index contributed by atoms with van der Waals surface area (Å²) < 4.78 is 10.6. The van der Waals surface area contributed by atoms with Crippen molar-refractivity contribution in [2.75, 3.05) is 5.32 Å². The molecular formula is C21H15N3O3. The Morgan fingerprint density at radius 3 is 2.37 bits per heavy atom. The van der Waals surface area contributed by atoms with Gasteiger partial charge in [0, 0.05) is 11.3 Å². The van der Waals surface area contributed by atoms with Gasteiger partial charge in [0.15, 0.2) is 0 Å². The minimum Gasteiger partial charge on any atom is -0.423 e. The summed E-state index contributed by atoms with van der Waals surface area (Å²) in [6, 6.07) is 23.7. The largest absolute Gasteiger partial charge is 0.423 e. The fraction of sp³-hybridized carbons (Fsp3) is 0. The lowest BCUT2D eigenvalue weighted by Gasteiger charge is -2.11. The van der Waals surface area contributed by atoms with E-state index in [1.54, 1.807) is 36.4 Å². The van der Waals surface area contributed by atoms with E-state index < -0.39 is 5.97 Å². The van der Waals surface area contributed by atoms with Gasteiger partial charge < -0.3 is 14.5 Å². The third kappa shape index (κ3) is 3.85. The lowest BCUT2D eigenvalue weighted by atomic mass is 10.1. The Morgan fingerprint density at radius 1 is 0.889 bits per heavy atom. The first-order chi connectivity index (χ1) is 13.3. The first-order valence-electron chi connectivity index (χ1n) is 8.29. The minimum atomic E-state index is -0.445. The number of carbonyl (C=O) groups is 1. The van der Waals surface area contributed by atoms with Gasteiger partial charge in [-0.1, -0.05) is 30.3 Å². The number of benzene rings is 3. The molecule has 1 heterocycles. The number of aromatic nitrogens is 2. The summed E-state index contributed by atoms with van der Waals surface area (Å²) in [5.41, 5.74) is 2.76. The second-order valence-electron chi connectivity index (χ2n) is 5.69. The van der Waals surface area contributed by atoms with Crippen molar-refractivity contribution in [1.82, 2.24) is 10.2 Å². The number of rotatable bonds is 5. The molecule has 6 heteroatoms. The molecule has 0 aliphatic rings. The molecule has 0 aliphatic carbocycles. The predicted molar refractivity (Wildman–Crippen MR) is 101 cm³/mol. The van der Waals surface area contributed by atoms with Gasteiger partial charge in [0.25, 0.3) is 0 Å². The van der Waals surface area contributed by atoms with Crippen LogP contribution in [0.1, 0.15) is 10.4 Å². The van der Waals surface area contributed by atoms with Crippen molar-refractivity contribution in [3.63, 3.8) is 0 Å². The van der Waals surface area contributed by atoms with Crippen molar-refractivity contribution in [3.05, 3.63) is 90.8 Å². The normalized spacial score (nSPS) is 10.4. The predicted octanol–water partition coefficient (Wildman–Crippen LogP) is 4.70. The van der Waals surface area contributed by atoms with E-state index in [-0.39, 0.29) is 0 Å². The van der Waals surface area contributed by atoms with Crippen LogP contribution in [0.15, 0.2) is 89.7 Å². The Balaban J connectivity index is 1.52. The van der Waals surface area contributed by atoms with Crippen molar-refractivity contribution >= 4 is 17.3 Å². The summed E-state index contributed by atoms with van der Waals surface area (Å²) >= 11 is 0. The highest BCUT2D eigenvalue weighted by Crippen LogP contribution is 2.24. The Labute approximate surface area is 155 Å². The lowest BCUT2D eigenvalue weighted by molar-refractivity contribution is 0.0736. The highest BCUT2D eigenvalue weighted by atomic mass is 16.5. The zero-order chi connectivity index (χ0) is 18.5. The molecule has 0 atom stereocenters. The number of nitrogens with zero attached hydrogens (tertiary/aromatic N) is 2.